The van der Waals surface area contributed by atoms with Crippen molar-refractivity contribution in [1.82, 2.24) is 4.41 Å². The third kappa shape index (κ3) is 4.49. The van der Waals surface area contributed by atoms with E-state index in [1.165, 1.54) is 0 Å². The molecule has 0 spiro atoms. The maximum Gasteiger partial charge on any atom is 0.416 e. The fourth-order valence-corrected chi connectivity index (χ4v) is 3.88. The van der Waals surface area contributed by atoms with Crippen LogP contribution in [-0.4, -0.2) is 22.8 Å². The molecular formula is C14H9Cl3F5N3OS. The van der Waals surface area contributed by atoms with Gasteiger partial charge in [-0.25, -0.2) is 5.01 Å². The van der Waals surface area contributed by atoms with E-state index >= 15 is 0 Å². The second-order valence-corrected chi connectivity index (χ2v) is 7.05. The van der Waals surface area contributed by atoms with Crippen molar-refractivity contribution in [3.8, 4) is 6.07 Å². The van der Waals surface area contributed by atoms with Crippen molar-refractivity contribution in [1.29, 1.82) is 5.26 Å². The zero-order chi connectivity index (χ0) is 20.5. The van der Waals surface area contributed by atoms with E-state index < -0.39 is 33.6 Å². The van der Waals surface area contributed by atoms with Crippen molar-refractivity contribution in [2.24, 2.45) is 0 Å². The number of ether oxygens (including phenoxy) is 1. The van der Waals surface area contributed by atoms with Crippen LogP contribution in [0.5, 0.6) is 0 Å². The quantitative estimate of drug-likeness (QED) is 0.377. The van der Waals surface area contributed by atoms with E-state index in [1.807, 2.05) is 0 Å². The molecule has 1 aliphatic rings. The maximum absolute atomic E-state index is 13.0. The second kappa shape index (κ2) is 8.49. The van der Waals surface area contributed by atoms with Gasteiger partial charge in [-0.1, -0.05) is 34.8 Å². The lowest BCUT2D eigenvalue weighted by atomic mass is 10.2. The highest BCUT2D eigenvalue weighted by Crippen LogP contribution is 2.48. The Balaban J connectivity index is 2.66. The first-order chi connectivity index (χ1) is 12.5. The Morgan fingerprint density at radius 1 is 1.26 bits per heavy atom. The van der Waals surface area contributed by atoms with Crippen LogP contribution in [0, 0.1) is 11.3 Å². The fraction of sp³-hybridized carbons (Fsp3) is 0.357. The number of alkyl halides is 5. The summed E-state index contributed by atoms with van der Waals surface area (Å²) in [5, 5.41) is 8.95. The highest BCUT2D eigenvalue weighted by molar-refractivity contribution is 7.97. The first kappa shape index (κ1) is 22.2. The monoisotopic (exact) mass is 467 g/mol. The van der Waals surface area contributed by atoms with Gasteiger partial charge < -0.3 is 4.74 Å². The fourth-order valence-electron chi connectivity index (χ4n) is 2.21. The summed E-state index contributed by atoms with van der Waals surface area (Å²) in [6.45, 7) is 1.60. The summed E-state index contributed by atoms with van der Waals surface area (Å²) >= 11 is 17.9. The Hall–Kier alpha value is -1.12. The van der Waals surface area contributed by atoms with Crippen LogP contribution in [0.4, 0.5) is 27.6 Å². The molecule has 0 saturated heterocycles. The van der Waals surface area contributed by atoms with Crippen LogP contribution in [0.25, 0.3) is 0 Å². The highest BCUT2D eigenvalue weighted by atomic mass is 35.5. The summed E-state index contributed by atoms with van der Waals surface area (Å²) in [6, 6.07) is 1.52. The van der Waals surface area contributed by atoms with Crippen LogP contribution in [0.15, 0.2) is 23.0 Å². The molecule has 0 N–H and O–H groups in total. The Morgan fingerprint density at radius 3 is 2.22 bits per heavy atom. The average molecular weight is 469 g/mol. The molecule has 1 aliphatic heterocycles. The molecule has 27 heavy (non-hydrogen) atoms. The molecule has 2 rings (SSSR count). The van der Waals surface area contributed by atoms with E-state index in [4.69, 9.17) is 39.5 Å². The number of hydrogen-bond donors (Lipinski definition) is 0. The molecule has 0 aliphatic carbocycles. The third-order valence-electron chi connectivity index (χ3n) is 3.20. The van der Waals surface area contributed by atoms with Crippen molar-refractivity contribution in [2.75, 3.05) is 11.6 Å². The Morgan fingerprint density at radius 2 is 1.81 bits per heavy atom. The smallest absolute Gasteiger partial charge is 0.416 e. The summed E-state index contributed by atoms with van der Waals surface area (Å²) in [5.74, 6) is -3.21. The predicted octanol–water partition coefficient (Wildman–Crippen LogP) is 6.26. The average Bonchev–Trinajstić information content (AvgIpc) is 2.78. The summed E-state index contributed by atoms with van der Waals surface area (Å²) in [4.78, 5) is 0. The first-order valence-electron chi connectivity index (χ1n) is 7.05. The van der Waals surface area contributed by atoms with Crippen LogP contribution in [0.1, 0.15) is 12.5 Å². The zero-order valence-electron chi connectivity index (χ0n) is 13.2. The highest BCUT2D eigenvalue weighted by Gasteiger charge is 2.45. The van der Waals surface area contributed by atoms with Gasteiger partial charge in [-0.3, -0.25) is 0 Å². The molecule has 1 atom stereocenters. The van der Waals surface area contributed by atoms with Gasteiger partial charge in [-0.15, -0.1) is 4.41 Å². The zero-order valence-corrected chi connectivity index (χ0v) is 16.3. The third-order valence-corrected chi connectivity index (χ3v) is 4.90. The molecule has 1 heterocycles. The van der Waals surface area contributed by atoms with Gasteiger partial charge >= 0.3 is 6.18 Å². The van der Waals surface area contributed by atoms with Gasteiger partial charge in [0.1, 0.15) is 5.03 Å². The lowest BCUT2D eigenvalue weighted by Crippen LogP contribution is -2.38. The van der Waals surface area contributed by atoms with Gasteiger partial charge in [-0.2, -0.15) is 27.2 Å². The summed E-state index contributed by atoms with van der Waals surface area (Å²) in [5.41, 5.74) is -1.41. The van der Waals surface area contributed by atoms with Crippen molar-refractivity contribution >= 4 is 52.4 Å². The van der Waals surface area contributed by atoms with Crippen molar-refractivity contribution in [3.05, 3.63) is 38.7 Å². The number of hydrazine groups is 1. The number of rotatable bonds is 5. The normalized spacial score (nSPS) is 18.4. The van der Waals surface area contributed by atoms with Gasteiger partial charge in [0.2, 0.25) is 5.88 Å². The summed E-state index contributed by atoms with van der Waals surface area (Å²) in [6.07, 6.45) is -4.72. The van der Waals surface area contributed by atoms with Crippen LogP contribution >= 0.6 is 46.8 Å². The lowest BCUT2D eigenvalue weighted by molar-refractivity contribution is -0.137. The number of benzene rings is 1. The molecule has 0 fully saturated rings. The van der Waals surface area contributed by atoms with Gasteiger partial charge in [0, 0.05) is 11.9 Å². The van der Waals surface area contributed by atoms with Gasteiger partial charge in [-0.05, 0) is 19.1 Å². The van der Waals surface area contributed by atoms with E-state index in [0.29, 0.717) is 12.1 Å². The molecule has 0 saturated carbocycles. The van der Waals surface area contributed by atoms with Gasteiger partial charge in [0.25, 0.3) is 5.76 Å². The Bertz CT molecular complexity index is 776. The first-order valence-corrected chi connectivity index (χ1v) is 9.02. The van der Waals surface area contributed by atoms with E-state index in [2.05, 4.69) is 0 Å². The molecule has 1 aromatic rings. The number of hydrogen-bond acceptors (Lipinski definition) is 5. The SMILES string of the molecule is CCOC1=C(Cl)C(C#N)N(SC(F)F)N1c1c(Cl)cc(C(F)(F)F)cc1Cl. The molecule has 13 heteroatoms. The summed E-state index contributed by atoms with van der Waals surface area (Å²) < 4.78 is 70.9. The predicted molar refractivity (Wildman–Crippen MR) is 93.3 cm³/mol. The Kier molecular flexibility index (Phi) is 6.97. The minimum atomic E-state index is -4.72. The largest absolute Gasteiger partial charge is 0.477 e. The number of halogens is 8. The number of nitriles is 1. The minimum Gasteiger partial charge on any atom is -0.477 e. The molecule has 148 valence electrons. The molecule has 0 bridgehead atoms. The van der Waals surface area contributed by atoms with Crippen molar-refractivity contribution in [3.63, 3.8) is 0 Å². The maximum atomic E-state index is 13.0. The van der Waals surface area contributed by atoms with Gasteiger partial charge in [0.05, 0.1) is 34.0 Å². The van der Waals surface area contributed by atoms with Crippen molar-refractivity contribution < 1.29 is 26.7 Å². The minimum absolute atomic E-state index is 0.0310. The van der Waals surface area contributed by atoms with E-state index in [-0.39, 0.29) is 35.2 Å². The lowest BCUT2D eigenvalue weighted by Gasteiger charge is -2.32. The van der Waals surface area contributed by atoms with Crippen LogP contribution in [0.2, 0.25) is 10.0 Å². The van der Waals surface area contributed by atoms with Crippen LogP contribution < -0.4 is 5.01 Å². The molecule has 4 nitrogen and oxygen atoms in total. The van der Waals surface area contributed by atoms with Gasteiger partial charge in [0.15, 0.2) is 6.04 Å². The molecular weight excluding hydrogens is 460 g/mol. The summed E-state index contributed by atoms with van der Waals surface area (Å²) in [7, 11) is 0. The molecule has 0 amide bonds. The van der Waals surface area contributed by atoms with E-state index in [9.17, 15) is 27.2 Å². The van der Waals surface area contributed by atoms with E-state index in [1.54, 1.807) is 13.0 Å². The van der Waals surface area contributed by atoms with Crippen LogP contribution in [0.3, 0.4) is 0 Å². The molecule has 1 aromatic carbocycles. The standard InChI is InChI=1S/C14H9Cl3F5N3OS/c1-2-26-12-10(17)9(5-23)25(27-13(18)19)24(12)11-7(15)3-6(4-8(11)16)14(20,21)22/h3-4,9,13H,2H2,1H3. The number of anilines is 1. The number of nitrogens with zero attached hydrogens (tertiary/aromatic N) is 3. The molecule has 0 radical (unpaired) electrons. The molecule has 0 aromatic heterocycles. The second-order valence-electron chi connectivity index (χ2n) is 4.88. The Labute approximate surface area is 170 Å². The van der Waals surface area contributed by atoms with E-state index in [0.717, 1.165) is 9.42 Å². The topological polar surface area (TPSA) is 39.5 Å². The molecule has 1 unspecified atom stereocenters. The van der Waals surface area contributed by atoms with Crippen LogP contribution in [-0.2, 0) is 10.9 Å². The van der Waals surface area contributed by atoms with Crippen molar-refractivity contribution in [2.45, 2.75) is 24.9 Å².